The Bertz CT molecular complexity index is 1310. The summed E-state index contributed by atoms with van der Waals surface area (Å²) in [4.78, 5) is 33.4. The molecular formula is C29H32N2O4S. The zero-order valence-electron chi connectivity index (χ0n) is 21.6. The van der Waals surface area contributed by atoms with Crippen molar-refractivity contribution in [3.63, 3.8) is 0 Å². The van der Waals surface area contributed by atoms with Gasteiger partial charge in [-0.1, -0.05) is 57.2 Å². The summed E-state index contributed by atoms with van der Waals surface area (Å²) in [7, 11) is 1.62. The lowest BCUT2D eigenvalue weighted by Crippen LogP contribution is -2.33. The van der Waals surface area contributed by atoms with E-state index in [2.05, 4.69) is 25.8 Å². The van der Waals surface area contributed by atoms with Gasteiger partial charge in [-0.2, -0.15) is 0 Å². The van der Waals surface area contributed by atoms with Gasteiger partial charge in [-0.15, -0.1) is 11.3 Å². The number of thiazole rings is 1. The fourth-order valence-corrected chi connectivity index (χ4v) is 5.41. The number of carbonyl (C=O) groups excluding carboxylic acids is 2. The summed E-state index contributed by atoms with van der Waals surface area (Å²) in [5, 5.41) is 11.7. The van der Waals surface area contributed by atoms with Crippen molar-refractivity contribution in [3.05, 3.63) is 92.1 Å². The molecule has 0 saturated carbocycles. The Morgan fingerprint density at radius 2 is 1.72 bits per heavy atom. The lowest BCUT2D eigenvalue weighted by atomic mass is 9.85. The van der Waals surface area contributed by atoms with Gasteiger partial charge in [0.15, 0.2) is 5.76 Å². The number of hydrogen-bond acceptors (Lipinski definition) is 6. The number of hydrogen-bond donors (Lipinski definition) is 1. The second kappa shape index (κ2) is 9.90. The minimum atomic E-state index is -0.681. The molecule has 1 atom stereocenters. The number of aryl methyl sites for hydroxylation is 2. The van der Waals surface area contributed by atoms with E-state index in [0.717, 1.165) is 27.4 Å². The number of nitrogens with zero attached hydrogens (tertiary/aromatic N) is 2. The standard InChI is InChI=1S/C29H32N2O4S/c1-17-27(36-18(2)30-17)25(32)23-24(20-9-11-21(12-10-20)29(3,4)5)31(28(34)26(23)33)16-15-19-7-13-22(35-6)14-8-19/h7-14,24,33H,15-16H2,1-6H3. The molecule has 2 heterocycles. The molecule has 1 N–H and O–H groups in total. The Balaban J connectivity index is 1.72. The van der Waals surface area contributed by atoms with Crippen LogP contribution in [0.15, 0.2) is 59.9 Å². The van der Waals surface area contributed by atoms with Crippen molar-refractivity contribution >= 4 is 23.0 Å². The number of ketones is 1. The van der Waals surface area contributed by atoms with Crippen LogP contribution in [0.4, 0.5) is 0 Å². The van der Waals surface area contributed by atoms with E-state index in [1.807, 2.05) is 55.5 Å². The molecule has 188 valence electrons. The van der Waals surface area contributed by atoms with Crippen molar-refractivity contribution in [3.8, 4) is 5.75 Å². The number of rotatable bonds is 7. The Labute approximate surface area is 216 Å². The highest BCUT2D eigenvalue weighted by molar-refractivity contribution is 7.14. The topological polar surface area (TPSA) is 79.7 Å². The maximum atomic E-state index is 13.7. The highest BCUT2D eigenvalue weighted by Crippen LogP contribution is 2.40. The maximum Gasteiger partial charge on any atom is 0.290 e. The fraction of sp³-hybridized carbons (Fsp3) is 0.345. The Morgan fingerprint density at radius 3 is 2.25 bits per heavy atom. The SMILES string of the molecule is COc1ccc(CCN2C(=O)C(O)=C(C(=O)c3sc(C)nc3C)C2c2ccc(C(C)(C)C)cc2)cc1. The van der Waals surface area contributed by atoms with Crippen LogP contribution in [0.3, 0.4) is 0 Å². The van der Waals surface area contributed by atoms with Gasteiger partial charge < -0.3 is 14.7 Å². The van der Waals surface area contributed by atoms with Crippen molar-refractivity contribution in [2.45, 2.75) is 52.5 Å². The molecule has 1 aliphatic rings. The van der Waals surface area contributed by atoms with Crippen LogP contribution in [0.25, 0.3) is 0 Å². The minimum Gasteiger partial charge on any atom is -0.503 e. The second-order valence-corrected chi connectivity index (χ2v) is 11.3. The van der Waals surface area contributed by atoms with Crippen LogP contribution < -0.4 is 4.74 Å². The minimum absolute atomic E-state index is 0.0357. The van der Waals surface area contributed by atoms with Crippen molar-refractivity contribution in [2.75, 3.05) is 13.7 Å². The van der Waals surface area contributed by atoms with E-state index in [1.54, 1.807) is 18.9 Å². The maximum absolute atomic E-state index is 13.7. The molecule has 3 aromatic rings. The third kappa shape index (κ3) is 4.93. The molecule has 0 aliphatic carbocycles. The van der Waals surface area contributed by atoms with Crippen molar-refractivity contribution in [1.29, 1.82) is 0 Å². The Hall–Kier alpha value is -3.45. The van der Waals surface area contributed by atoms with Crippen molar-refractivity contribution in [1.82, 2.24) is 9.88 Å². The number of benzene rings is 2. The average molecular weight is 505 g/mol. The summed E-state index contributed by atoms with van der Waals surface area (Å²) < 4.78 is 5.23. The van der Waals surface area contributed by atoms with Crippen LogP contribution >= 0.6 is 11.3 Å². The molecule has 7 heteroatoms. The summed E-state index contributed by atoms with van der Waals surface area (Å²) in [5.41, 5.74) is 3.65. The van der Waals surface area contributed by atoms with E-state index in [9.17, 15) is 14.7 Å². The van der Waals surface area contributed by atoms with Crippen LogP contribution in [-0.2, 0) is 16.6 Å². The quantitative estimate of drug-likeness (QED) is 0.406. The normalized spacial score (nSPS) is 16.1. The van der Waals surface area contributed by atoms with E-state index in [4.69, 9.17) is 4.74 Å². The second-order valence-electron chi connectivity index (χ2n) is 10.1. The number of carbonyl (C=O) groups is 2. The molecule has 0 spiro atoms. The molecule has 2 aromatic carbocycles. The van der Waals surface area contributed by atoms with Gasteiger partial charge in [0.2, 0.25) is 5.78 Å². The molecule has 6 nitrogen and oxygen atoms in total. The number of aromatic nitrogens is 1. The predicted octanol–water partition coefficient (Wildman–Crippen LogP) is 5.89. The van der Waals surface area contributed by atoms with Gasteiger partial charge in [0, 0.05) is 6.54 Å². The van der Waals surface area contributed by atoms with Crippen LogP contribution in [0, 0.1) is 13.8 Å². The lowest BCUT2D eigenvalue weighted by molar-refractivity contribution is -0.129. The molecular weight excluding hydrogens is 472 g/mol. The van der Waals surface area contributed by atoms with Gasteiger partial charge in [0.25, 0.3) is 5.91 Å². The van der Waals surface area contributed by atoms with E-state index >= 15 is 0 Å². The van der Waals surface area contributed by atoms with Gasteiger partial charge in [-0.05, 0) is 54.5 Å². The highest BCUT2D eigenvalue weighted by atomic mass is 32.1. The highest BCUT2D eigenvalue weighted by Gasteiger charge is 2.44. The zero-order chi connectivity index (χ0) is 26.2. The van der Waals surface area contributed by atoms with Gasteiger partial charge in [-0.3, -0.25) is 9.59 Å². The van der Waals surface area contributed by atoms with Gasteiger partial charge in [-0.25, -0.2) is 4.98 Å². The molecule has 0 bridgehead atoms. The Morgan fingerprint density at radius 1 is 1.08 bits per heavy atom. The summed E-state index contributed by atoms with van der Waals surface area (Å²) in [6.45, 7) is 10.4. The molecule has 0 radical (unpaired) electrons. The van der Waals surface area contributed by atoms with Gasteiger partial charge in [0.05, 0.1) is 34.3 Å². The molecule has 0 saturated heterocycles. The van der Waals surface area contributed by atoms with E-state index < -0.39 is 17.7 Å². The summed E-state index contributed by atoms with van der Waals surface area (Å²) in [6.07, 6.45) is 0.569. The number of aliphatic hydroxyl groups is 1. The molecule has 1 amide bonds. The Kier molecular flexibility index (Phi) is 7.05. The number of ether oxygens (including phenoxy) is 1. The molecule has 1 aromatic heterocycles. The largest absolute Gasteiger partial charge is 0.503 e. The first kappa shape index (κ1) is 25.6. The molecule has 1 unspecified atom stereocenters. The summed E-state index contributed by atoms with van der Waals surface area (Å²) in [5.74, 6) is -0.600. The van der Waals surface area contributed by atoms with Crippen LogP contribution in [0.2, 0.25) is 0 Å². The van der Waals surface area contributed by atoms with E-state index in [0.29, 0.717) is 23.5 Å². The van der Waals surface area contributed by atoms with Crippen molar-refractivity contribution < 1.29 is 19.4 Å². The number of amides is 1. The monoisotopic (exact) mass is 504 g/mol. The van der Waals surface area contributed by atoms with Crippen LogP contribution in [-0.4, -0.2) is 40.3 Å². The van der Waals surface area contributed by atoms with Crippen LogP contribution in [0.1, 0.15) is 63.9 Å². The van der Waals surface area contributed by atoms with E-state index in [1.165, 1.54) is 11.3 Å². The number of aliphatic hydroxyl groups excluding tert-OH is 1. The zero-order valence-corrected chi connectivity index (χ0v) is 22.4. The van der Waals surface area contributed by atoms with Gasteiger partial charge in [0.1, 0.15) is 5.75 Å². The van der Waals surface area contributed by atoms with E-state index in [-0.39, 0.29) is 16.8 Å². The first-order valence-corrected chi connectivity index (χ1v) is 12.8. The van der Waals surface area contributed by atoms with Crippen LogP contribution in [0.5, 0.6) is 5.75 Å². The molecule has 4 rings (SSSR count). The number of methoxy groups -OCH3 is 1. The number of Topliss-reactive ketones (excluding diaryl/α,β-unsaturated/α-hetero) is 1. The molecule has 1 aliphatic heterocycles. The average Bonchev–Trinajstić information content (AvgIpc) is 3.32. The van der Waals surface area contributed by atoms with Gasteiger partial charge >= 0.3 is 0 Å². The van der Waals surface area contributed by atoms with Crippen molar-refractivity contribution in [2.24, 2.45) is 0 Å². The third-order valence-electron chi connectivity index (χ3n) is 6.55. The molecule has 36 heavy (non-hydrogen) atoms. The third-order valence-corrected chi connectivity index (χ3v) is 7.62. The fourth-order valence-electron chi connectivity index (χ4n) is 4.53. The first-order chi connectivity index (χ1) is 17.0. The first-order valence-electron chi connectivity index (χ1n) is 12.0. The predicted molar refractivity (Wildman–Crippen MR) is 142 cm³/mol. The summed E-state index contributed by atoms with van der Waals surface area (Å²) >= 11 is 1.28. The lowest BCUT2D eigenvalue weighted by Gasteiger charge is -2.28. The summed E-state index contributed by atoms with van der Waals surface area (Å²) in [6, 6.07) is 14.9. The smallest absolute Gasteiger partial charge is 0.290 e. The molecule has 0 fully saturated rings.